The Kier molecular flexibility index (Phi) is 39.6. The highest BCUT2D eigenvalue weighted by atomic mass is 16.5. The van der Waals surface area contributed by atoms with Crippen LogP contribution in [-0.2, 0) is 23.8 Å². The summed E-state index contributed by atoms with van der Waals surface area (Å²) in [5.41, 5.74) is 0. The SMILES string of the molecule is CCCCCCCCC(CCCCCCCC)OC(=O)CCCCCCCN(CCO)CCCCCCCOC(=O)CCOCCCCCC. The van der Waals surface area contributed by atoms with Gasteiger partial charge in [-0.05, 0) is 70.9 Å². The minimum Gasteiger partial charge on any atom is -0.466 e. The number of rotatable bonds is 41. The third kappa shape index (κ3) is 36.6. The molecule has 0 spiro atoms. The molecule has 0 amide bonds. The van der Waals surface area contributed by atoms with Crippen LogP contribution in [0.4, 0.5) is 0 Å². The molecule has 0 aromatic heterocycles. The number of carbonyl (C=O) groups is 2. The maximum Gasteiger partial charge on any atom is 0.308 e. The number of ether oxygens (including phenoxy) is 3. The molecule has 0 aliphatic heterocycles. The minimum atomic E-state index is -0.151. The Morgan fingerprint density at radius 3 is 1.50 bits per heavy atom. The highest BCUT2D eigenvalue weighted by Crippen LogP contribution is 2.18. The van der Waals surface area contributed by atoms with Crippen molar-refractivity contribution in [1.29, 1.82) is 0 Å². The molecule has 7 heteroatoms. The lowest BCUT2D eigenvalue weighted by Gasteiger charge is -2.21. The van der Waals surface area contributed by atoms with Gasteiger partial charge in [-0.15, -0.1) is 0 Å². The van der Waals surface area contributed by atoms with E-state index in [9.17, 15) is 14.7 Å². The summed E-state index contributed by atoms with van der Waals surface area (Å²) in [5, 5.41) is 9.53. The predicted molar refractivity (Wildman–Crippen MR) is 211 cm³/mol. The first-order chi connectivity index (χ1) is 24.6. The molecular weight excluding hydrogens is 626 g/mol. The van der Waals surface area contributed by atoms with Gasteiger partial charge in [0.2, 0.25) is 0 Å². The van der Waals surface area contributed by atoms with Gasteiger partial charge in [-0.1, -0.05) is 143 Å². The van der Waals surface area contributed by atoms with E-state index in [0.717, 1.165) is 103 Å². The normalized spacial score (nSPS) is 11.6. The summed E-state index contributed by atoms with van der Waals surface area (Å²) in [6.45, 7) is 11.4. The maximum atomic E-state index is 12.7. The van der Waals surface area contributed by atoms with Crippen molar-refractivity contribution in [1.82, 2.24) is 4.90 Å². The zero-order valence-corrected chi connectivity index (χ0v) is 33.7. The van der Waals surface area contributed by atoms with Crippen LogP contribution in [0.5, 0.6) is 0 Å². The predicted octanol–water partition coefficient (Wildman–Crippen LogP) is 11.5. The van der Waals surface area contributed by atoms with E-state index in [-0.39, 0.29) is 24.6 Å². The van der Waals surface area contributed by atoms with Gasteiger partial charge in [0.25, 0.3) is 0 Å². The first-order valence-corrected chi connectivity index (χ1v) is 21.8. The van der Waals surface area contributed by atoms with Crippen molar-refractivity contribution < 1.29 is 28.9 Å². The molecular formula is C43H85NO6. The van der Waals surface area contributed by atoms with Crippen molar-refractivity contribution in [3.8, 4) is 0 Å². The van der Waals surface area contributed by atoms with Crippen LogP contribution in [0.15, 0.2) is 0 Å². The number of aliphatic hydroxyl groups excluding tert-OH is 1. The van der Waals surface area contributed by atoms with Gasteiger partial charge in [0, 0.05) is 19.6 Å². The van der Waals surface area contributed by atoms with Gasteiger partial charge in [0.05, 0.1) is 26.2 Å². The van der Waals surface area contributed by atoms with E-state index in [1.54, 1.807) is 0 Å². The van der Waals surface area contributed by atoms with Crippen LogP contribution in [0.25, 0.3) is 0 Å². The number of unbranched alkanes of at least 4 members (excludes halogenated alkanes) is 21. The topological polar surface area (TPSA) is 85.3 Å². The fraction of sp³-hybridized carbons (Fsp3) is 0.953. The van der Waals surface area contributed by atoms with Crippen LogP contribution in [0, 0.1) is 0 Å². The molecule has 0 fully saturated rings. The average molecular weight is 712 g/mol. The lowest BCUT2D eigenvalue weighted by atomic mass is 10.0. The summed E-state index contributed by atoms with van der Waals surface area (Å²) >= 11 is 0. The second-order valence-electron chi connectivity index (χ2n) is 14.7. The third-order valence-electron chi connectivity index (χ3n) is 9.80. The largest absolute Gasteiger partial charge is 0.466 e. The molecule has 0 atom stereocenters. The fourth-order valence-electron chi connectivity index (χ4n) is 6.54. The zero-order chi connectivity index (χ0) is 36.6. The Hall–Kier alpha value is -1.18. The van der Waals surface area contributed by atoms with Gasteiger partial charge in [-0.2, -0.15) is 0 Å². The van der Waals surface area contributed by atoms with E-state index in [4.69, 9.17) is 14.2 Å². The third-order valence-corrected chi connectivity index (χ3v) is 9.80. The van der Waals surface area contributed by atoms with Crippen molar-refractivity contribution in [3.05, 3.63) is 0 Å². The van der Waals surface area contributed by atoms with Crippen LogP contribution < -0.4 is 0 Å². The van der Waals surface area contributed by atoms with Crippen molar-refractivity contribution in [2.24, 2.45) is 0 Å². The van der Waals surface area contributed by atoms with E-state index < -0.39 is 0 Å². The summed E-state index contributed by atoms with van der Waals surface area (Å²) < 4.78 is 16.9. The monoisotopic (exact) mass is 712 g/mol. The lowest BCUT2D eigenvalue weighted by molar-refractivity contribution is -0.150. The molecule has 0 saturated carbocycles. The van der Waals surface area contributed by atoms with E-state index in [1.807, 2.05) is 0 Å². The lowest BCUT2D eigenvalue weighted by Crippen LogP contribution is -2.29. The van der Waals surface area contributed by atoms with Gasteiger partial charge < -0.3 is 24.2 Å². The molecule has 0 aromatic carbocycles. The van der Waals surface area contributed by atoms with Gasteiger partial charge in [0.1, 0.15) is 6.10 Å². The summed E-state index contributed by atoms with van der Waals surface area (Å²) in [7, 11) is 0. The number of hydrogen-bond acceptors (Lipinski definition) is 7. The van der Waals surface area contributed by atoms with Crippen molar-refractivity contribution in [2.45, 2.75) is 219 Å². The quantitative estimate of drug-likeness (QED) is 0.0499. The summed E-state index contributed by atoms with van der Waals surface area (Å²) in [5.74, 6) is -0.141. The summed E-state index contributed by atoms with van der Waals surface area (Å²) in [6.07, 6.45) is 34.1. The molecule has 0 aliphatic carbocycles. The Morgan fingerprint density at radius 1 is 0.480 bits per heavy atom. The molecule has 1 N–H and O–H groups in total. The molecule has 0 saturated heterocycles. The zero-order valence-electron chi connectivity index (χ0n) is 33.7. The molecule has 298 valence electrons. The van der Waals surface area contributed by atoms with Gasteiger partial charge >= 0.3 is 11.9 Å². The molecule has 7 nitrogen and oxygen atoms in total. The van der Waals surface area contributed by atoms with Crippen LogP contribution in [-0.4, -0.2) is 74.1 Å². The molecule has 0 unspecified atom stereocenters. The van der Waals surface area contributed by atoms with E-state index in [2.05, 4.69) is 25.7 Å². The molecule has 0 radical (unpaired) electrons. The number of esters is 2. The highest BCUT2D eigenvalue weighted by molar-refractivity contribution is 5.69. The Bertz CT molecular complexity index is 689. The Labute approximate surface area is 310 Å². The van der Waals surface area contributed by atoms with Crippen LogP contribution in [0.3, 0.4) is 0 Å². The number of aliphatic hydroxyl groups is 1. The Balaban J connectivity index is 3.93. The Morgan fingerprint density at radius 2 is 0.940 bits per heavy atom. The minimum absolute atomic E-state index is 0.0102. The van der Waals surface area contributed by atoms with Crippen LogP contribution in [0.2, 0.25) is 0 Å². The van der Waals surface area contributed by atoms with E-state index in [1.165, 1.54) is 103 Å². The number of nitrogens with zero attached hydrogens (tertiary/aromatic N) is 1. The van der Waals surface area contributed by atoms with E-state index >= 15 is 0 Å². The molecule has 0 aromatic rings. The summed E-state index contributed by atoms with van der Waals surface area (Å²) in [6, 6.07) is 0. The molecule has 0 rings (SSSR count). The van der Waals surface area contributed by atoms with Crippen molar-refractivity contribution >= 4 is 11.9 Å². The second-order valence-corrected chi connectivity index (χ2v) is 14.7. The van der Waals surface area contributed by atoms with Crippen LogP contribution >= 0.6 is 0 Å². The smallest absolute Gasteiger partial charge is 0.308 e. The summed E-state index contributed by atoms with van der Waals surface area (Å²) in [4.78, 5) is 26.9. The number of carbonyl (C=O) groups excluding carboxylic acids is 2. The highest BCUT2D eigenvalue weighted by Gasteiger charge is 2.14. The van der Waals surface area contributed by atoms with Crippen molar-refractivity contribution in [2.75, 3.05) is 46.1 Å². The first kappa shape index (κ1) is 48.8. The average Bonchev–Trinajstić information content (AvgIpc) is 3.11. The van der Waals surface area contributed by atoms with Gasteiger partial charge in [-0.3, -0.25) is 9.59 Å². The first-order valence-electron chi connectivity index (χ1n) is 21.8. The van der Waals surface area contributed by atoms with Crippen LogP contribution in [0.1, 0.15) is 213 Å². The number of hydrogen-bond donors (Lipinski definition) is 1. The molecule has 50 heavy (non-hydrogen) atoms. The standard InChI is InChI=1S/C43H85NO6/c1-4-7-10-13-17-23-30-41(31-24-18-14-11-8-5-2)50-43(47)32-25-19-15-20-26-34-44(36-37-45)35-27-21-16-22-29-39-49-42(46)33-40-48-38-28-12-9-6-3/h41,45H,4-40H2,1-3H3. The maximum absolute atomic E-state index is 12.7. The second kappa shape index (κ2) is 40.6. The van der Waals surface area contributed by atoms with E-state index in [0.29, 0.717) is 26.1 Å². The molecule has 0 bridgehead atoms. The fourth-order valence-corrected chi connectivity index (χ4v) is 6.54. The molecule has 0 heterocycles. The molecule has 0 aliphatic rings. The van der Waals surface area contributed by atoms with Gasteiger partial charge in [0.15, 0.2) is 0 Å². The van der Waals surface area contributed by atoms with Gasteiger partial charge in [-0.25, -0.2) is 0 Å². The van der Waals surface area contributed by atoms with Crippen molar-refractivity contribution in [3.63, 3.8) is 0 Å².